The molecule has 0 fully saturated rings. The number of hydrogen-bond acceptors (Lipinski definition) is 5. The lowest BCUT2D eigenvalue weighted by atomic mass is 10.2. The summed E-state index contributed by atoms with van der Waals surface area (Å²) in [7, 11) is 0. The minimum atomic E-state index is -2.99. The molecule has 0 amide bonds. The van der Waals surface area contributed by atoms with Crippen LogP contribution in [0.15, 0.2) is 57.8 Å². The lowest BCUT2D eigenvalue weighted by Crippen LogP contribution is -2.10. The fourth-order valence-electron chi connectivity index (χ4n) is 1.87. The van der Waals surface area contributed by atoms with Gasteiger partial charge in [0.25, 0.3) is 0 Å². The summed E-state index contributed by atoms with van der Waals surface area (Å²) in [5.74, 6) is -0.491. The molecule has 112 valence electrons. The van der Waals surface area contributed by atoms with Gasteiger partial charge in [-0.15, -0.1) is 0 Å². The van der Waals surface area contributed by atoms with Gasteiger partial charge in [-0.05, 0) is 24.3 Å². The molecule has 1 aromatic carbocycles. The fourth-order valence-corrected chi connectivity index (χ4v) is 1.87. The summed E-state index contributed by atoms with van der Waals surface area (Å²) in [6, 6.07) is 9.23. The minimum absolute atomic E-state index is 0.0109. The summed E-state index contributed by atoms with van der Waals surface area (Å²) < 4.78 is 39.3. The topological polar surface area (TPSA) is 61.0 Å². The molecule has 7 heteroatoms. The van der Waals surface area contributed by atoms with E-state index < -0.39 is 12.6 Å². The highest BCUT2D eigenvalue weighted by molar-refractivity contribution is 6.13. The summed E-state index contributed by atoms with van der Waals surface area (Å²) in [4.78, 5) is 15.8. The first-order valence-electron chi connectivity index (χ1n) is 6.24. The number of benzene rings is 1. The van der Waals surface area contributed by atoms with Gasteiger partial charge in [-0.3, -0.25) is 0 Å². The lowest BCUT2D eigenvalue weighted by molar-refractivity contribution is -0.129. The molecule has 22 heavy (non-hydrogen) atoms. The molecule has 0 radical (unpaired) electrons. The first-order valence-corrected chi connectivity index (χ1v) is 6.24. The van der Waals surface area contributed by atoms with Crippen LogP contribution in [0.2, 0.25) is 0 Å². The van der Waals surface area contributed by atoms with Crippen molar-refractivity contribution in [1.29, 1.82) is 0 Å². The van der Waals surface area contributed by atoms with Gasteiger partial charge in [0.1, 0.15) is 11.5 Å². The summed E-state index contributed by atoms with van der Waals surface area (Å²) in [5, 5.41) is 0. The molecule has 0 saturated heterocycles. The van der Waals surface area contributed by atoms with Crippen LogP contribution in [0.4, 0.5) is 8.78 Å². The number of halogens is 2. The number of rotatable bonds is 4. The van der Waals surface area contributed by atoms with E-state index in [-0.39, 0.29) is 22.9 Å². The molecular formula is C15H9F2NO4. The van der Waals surface area contributed by atoms with Gasteiger partial charge in [-0.1, -0.05) is 12.1 Å². The number of hydrogen-bond donors (Lipinski definition) is 0. The molecule has 3 rings (SSSR count). The number of cyclic esters (lactones) is 1. The van der Waals surface area contributed by atoms with Crippen molar-refractivity contribution in [2.45, 2.75) is 6.61 Å². The molecule has 0 N–H and O–H groups in total. The van der Waals surface area contributed by atoms with Crippen LogP contribution in [-0.4, -0.2) is 18.5 Å². The summed E-state index contributed by atoms with van der Waals surface area (Å²) in [6.45, 7) is -2.99. The van der Waals surface area contributed by atoms with Gasteiger partial charge >= 0.3 is 12.6 Å². The Morgan fingerprint density at radius 3 is 2.73 bits per heavy atom. The first-order chi connectivity index (χ1) is 10.6. The number of alkyl halides is 2. The smallest absolute Gasteiger partial charge is 0.387 e. The minimum Gasteiger partial charge on any atom is -0.465 e. The van der Waals surface area contributed by atoms with E-state index in [2.05, 4.69) is 9.73 Å². The van der Waals surface area contributed by atoms with Gasteiger partial charge in [-0.2, -0.15) is 8.78 Å². The summed E-state index contributed by atoms with van der Waals surface area (Å²) in [5.41, 5.74) is 0.177. The molecule has 1 aromatic heterocycles. The average molecular weight is 305 g/mol. The molecule has 0 atom stereocenters. The summed E-state index contributed by atoms with van der Waals surface area (Å²) in [6.07, 6.45) is 2.84. The predicted molar refractivity (Wildman–Crippen MR) is 72.4 cm³/mol. The Labute approximate surface area is 123 Å². The van der Waals surface area contributed by atoms with E-state index in [1.807, 2.05) is 0 Å². The Hall–Kier alpha value is -2.96. The second kappa shape index (κ2) is 5.80. The lowest BCUT2D eigenvalue weighted by Gasteiger charge is -2.08. The Balaban J connectivity index is 1.95. The number of para-hydroxylation sites is 1. The monoisotopic (exact) mass is 305 g/mol. The number of aliphatic imine (C=N–C) groups is 1. The molecule has 0 bridgehead atoms. The van der Waals surface area contributed by atoms with Crippen LogP contribution < -0.4 is 4.74 Å². The third-order valence-corrected chi connectivity index (χ3v) is 2.78. The van der Waals surface area contributed by atoms with Crippen LogP contribution >= 0.6 is 0 Å². The third kappa shape index (κ3) is 2.88. The van der Waals surface area contributed by atoms with E-state index in [0.29, 0.717) is 5.76 Å². The molecule has 0 saturated carbocycles. The van der Waals surface area contributed by atoms with Crippen molar-refractivity contribution in [3.8, 4) is 5.75 Å². The number of esters is 1. The van der Waals surface area contributed by atoms with Crippen molar-refractivity contribution < 1.29 is 27.5 Å². The van der Waals surface area contributed by atoms with Crippen LogP contribution in [0, 0.1) is 0 Å². The van der Waals surface area contributed by atoms with Crippen molar-refractivity contribution in [3.63, 3.8) is 0 Å². The van der Waals surface area contributed by atoms with Gasteiger partial charge in [0, 0.05) is 6.08 Å². The number of nitrogens with zero attached hydrogens (tertiary/aromatic N) is 1. The third-order valence-electron chi connectivity index (χ3n) is 2.78. The van der Waals surface area contributed by atoms with Crippen LogP contribution in [-0.2, 0) is 9.53 Å². The number of carbonyl (C=O) groups excluding carboxylic acids is 1. The van der Waals surface area contributed by atoms with Gasteiger partial charge in [-0.25, -0.2) is 9.79 Å². The average Bonchev–Trinajstić information content (AvgIpc) is 3.10. The number of furan rings is 1. The maximum absolute atomic E-state index is 12.4. The number of ether oxygens (including phenoxy) is 2. The molecule has 0 spiro atoms. The van der Waals surface area contributed by atoms with Gasteiger partial charge in [0.15, 0.2) is 5.70 Å². The highest BCUT2D eigenvalue weighted by Gasteiger charge is 2.27. The molecular weight excluding hydrogens is 296 g/mol. The van der Waals surface area contributed by atoms with Gasteiger partial charge < -0.3 is 13.9 Å². The van der Waals surface area contributed by atoms with Crippen molar-refractivity contribution in [2.24, 2.45) is 4.99 Å². The van der Waals surface area contributed by atoms with E-state index >= 15 is 0 Å². The maximum Gasteiger partial charge on any atom is 0.387 e. The van der Waals surface area contributed by atoms with E-state index in [4.69, 9.17) is 9.15 Å². The largest absolute Gasteiger partial charge is 0.465 e. The zero-order chi connectivity index (χ0) is 15.5. The standard InChI is InChI=1S/C15H9F2NO4/c16-15(17)21-12-6-2-1-5-10(12)13-18-11(14(19)22-13)8-9-4-3-7-20-9/h1-8,15H. The van der Waals surface area contributed by atoms with Crippen LogP contribution in [0.3, 0.4) is 0 Å². The summed E-state index contributed by atoms with van der Waals surface area (Å²) >= 11 is 0. The Kier molecular flexibility index (Phi) is 3.69. The Morgan fingerprint density at radius 1 is 1.18 bits per heavy atom. The molecule has 1 aliphatic heterocycles. The molecule has 0 unspecified atom stereocenters. The highest BCUT2D eigenvalue weighted by atomic mass is 19.3. The number of carbonyl (C=O) groups is 1. The Morgan fingerprint density at radius 2 is 2.00 bits per heavy atom. The Bertz CT molecular complexity index is 751. The van der Waals surface area contributed by atoms with Crippen molar-refractivity contribution >= 4 is 17.9 Å². The molecule has 5 nitrogen and oxygen atoms in total. The predicted octanol–water partition coefficient (Wildman–Crippen LogP) is 3.23. The van der Waals surface area contributed by atoms with Gasteiger partial charge in [0.05, 0.1) is 11.8 Å². The van der Waals surface area contributed by atoms with Gasteiger partial charge in [0.2, 0.25) is 5.90 Å². The molecule has 2 heterocycles. The molecule has 0 aliphatic carbocycles. The normalized spacial score (nSPS) is 16.0. The van der Waals surface area contributed by atoms with Crippen LogP contribution in [0.5, 0.6) is 5.75 Å². The fraction of sp³-hybridized carbons (Fsp3) is 0.0667. The van der Waals surface area contributed by atoms with E-state index in [9.17, 15) is 13.6 Å². The second-order valence-corrected chi connectivity index (χ2v) is 4.23. The maximum atomic E-state index is 12.4. The van der Waals surface area contributed by atoms with E-state index in [1.54, 1.807) is 18.2 Å². The molecule has 2 aromatic rings. The first kappa shape index (κ1) is 14.0. The molecule has 1 aliphatic rings. The second-order valence-electron chi connectivity index (χ2n) is 4.23. The van der Waals surface area contributed by atoms with Crippen molar-refractivity contribution in [2.75, 3.05) is 0 Å². The van der Waals surface area contributed by atoms with Crippen LogP contribution in [0.25, 0.3) is 6.08 Å². The zero-order valence-corrected chi connectivity index (χ0v) is 11.0. The van der Waals surface area contributed by atoms with E-state index in [0.717, 1.165) is 0 Å². The highest BCUT2D eigenvalue weighted by Crippen LogP contribution is 2.26. The van der Waals surface area contributed by atoms with Crippen molar-refractivity contribution in [1.82, 2.24) is 0 Å². The van der Waals surface area contributed by atoms with E-state index in [1.165, 1.54) is 30.5 Å². The van der Waals surface area contributed by atoms with Crippen LogP contribution in [0.1, 0.15) is 11.3 Å². The van der Waals surface area contributed by atoms with Crippen molar-refractivity contribution in [3.05, 3.63) is 59.7 Å². The zero-order valence-electron chi connectivity index (χ0n) is 11.0. The quantitative estimate of drug-likeness (QED) is 0.643. The SMILES string of the molecule is O=C1OC(c2ccccc2OC(F)F)=NC1=Cc1ccco1.